The molecule has 0 spiro atoms. The monoisotopic (exact) mass is 274 g/mol. The van der Waals surface area contributed by atoms with Crippen molar-refractivity contribution in [2.24, 2.45) is 7.05 Å². The number of hydrogen-bond donors (Lipinski definition) is 1. The highest BCUT2D eigenvalue weighted by molar-refractivity contribution is 5.71. The van der Waals surface area contributed by atoms with E-state index in [0.717, 1.165) is 22.6 Å². The van der Waals surface area contributed by atoms with Gasteiger partial charge in [-0.25, -0.2) is 15.0 Å². The Labute approximate surface area is 117 Å². The molecule has 106 valence electrons. The van der Waals surface area contributed by atoms with Gasteiger partial charge in [-0.2, -0.15) is 0 Å². The maximum Gasteiger partial charge on any atom is 0.307 e. The summed E-state index contributed by atoms with van der Waals surface area (Å²) in [4.78, 5) is 24.1. The molecule has 0 atom stereocenters. The zero-order valence-electron chi connectivity index (χ0n) is 11.9. The third-order valence-corrected chi connectivity index (χ3v) is 3.22. The van der Waals surface area contributed by atoms with Crippen LogP contribution in [0, 0.1) is 0 Å². The number of hydrogen-bond acceptors (Lipinski definition) is 4. The van der Waals surface area contributed by atoms with Crippen molar-refractivity contribution in [2.45, 2.75) is 33.1 Å². The molecule has 0 amide bonds. The molecular formula is C14H18N4O2. The van der Waals surface area contributed by atoms with Crippen molar-refractivity contribution in [1.29, 1.82) is 0 Å². The number of aromatic nitrogens is 4. The first kappa shape index (κ1) is 14.2. The fourth-order valence-corrected chi connectivity index (χ4v) is 2.21. The Morgan fingerprint density at radius 3 is 2.25 bits per heavy atom. The predicted molar refractivity (Wildman–Crippen MR) is 74.3 cm³/mol. The number of carboxylic acids is 1. The molecule has 0 bridgehead atoms. The first-order valence-corrected chi connectivity index (χ1v) is 6.63. The molecule has 20 heavy (non-hydrogen) atoms. The van der Waals surface area contributed by atoms with Gasteiger partial charge in [0.25, 0.3) is 0 Å². The molecule has 2 heterocycles. The SMILES string of the molecule is CCc1nc(-c2cncn2C)nc(CC)c1CC(=O)O. The van der Waals surface area contributed by atoms with Crippen LogP contribution in [-0.4, -0.2) is 30.6 Å². The van der Waals surface area contributed by atoms with Crippen LogP contribution in [0.4, 0.5) is 0 Å². The number of aryl methyl sites for hydroxylation is 3. The van der Waals surface area contributed by atoms with Gasteiger partial charge in [-0.05, 0) is 12.8 Å². The molecule has 0 radical (unpaired) electrons. The summed E-state index contributed by atoms with van der Waals surface area (Å²) in [5, 5.41) is 9.03. The second-order valence-corrected chi connectivity index (χ2v) is 4.59. The molecular weight excluding hydrogens is 256 g/mol. The van der Waals surface area contributed by atoms with Gasteiger partial charge in [0.05, 0.1) is 18.9 Å². The summed E-state index contributed by atoms with van der Waals surface area (Å²) in [6.45, 7) is 3.94. The summed E-state index contributed by atoms with van der Waals surface area (Å²) in [6, 6.07) is 0. The minimum absolute atomic E-state index is 0.0297. The predicted octanol–water partition coefficient (Wildman–Crippen LogP) is 1.63. The Morgan fingerprint density at radius 2 is 1.85 bits per heavy atom. The van der Waals surface area contributed by atoms with Crippen LogP contribution < -0.4 is 0 Å². The first-order chi connectivity index (χ1) is 9.56. The average molecular weight is 274 g/mol. The Morgan fingerprint density at radius 1 is 1.25 bits per heavy atom. The molecule has 0 saturated heterocycles. The van der Waals surface area contributed by atoms with Gasteiger partial charge >= 0.3 is 5.97 Å². The van der Waals surface area contributed by atoms with Gasteiger partial charge in [-0.3, -0.25) is 4.79 Å². The van der Waals surface area contributed by atoms with E-state index in [1.807, 2.05) is 25.5 Å². The summed E-state index contributed by atoms with van der Waals surface area (Å²) in [5.74, 6) is -0.251. The molecule has 0 saturated carbocycles. The van der Waals surface area contributed by atoms with Crippen molar-refractivity contribution in [3.63, 3.8) is 0 Å². The average Bonchev–Trinajstić information content (AvgIpc) is 2.84. The van der Waals surface area contributed by atoms with Gasteiger partial charge in [0.2, 0.25) is 0 Å². The lowest BCUT2D eigenvalue weighted by molar-refractivity contribution is -0.136. The van der Waals surface area contributed by atoms with E-state index in [1.165, 1.54) is 0 Å². The highest BCUT2D eigenvalue weighted by Crippen LogP contribution is 2.20. The van der Waals surface area contributed by atoms with Gasteiger partial charge in [0.15, 0.2) is 5.82 Å². The molecule has 0 unspecified atom stereocenters. The fourth-order valence-electron chi connectivity index (χ4n) is 2.21. The van der Waals surface area contributed by atoms with E-state index in [9.17, 15) is 4.79 Å². The normalized spacial score (nSPS) is 10.8. The minimum Gasteiger partial charge on any atom is -0.481 e. The van der Waals surface area contributed by atoms with Crippen LogP contribution in [0.5, 0.6) is 0 Å². The Balaban J connectivity index is 2.58. The second kappa shape index (κ2) is 5.81. The maximum absolute atomic E-state index is 11.0. The lowest BCUT2D eigenvalue weighted by Crippen LogP contribution is -2.12. The van der Waals surface area contributed by atoms with Gasteiger partial charge in [-0.1, -0.05) is 13.8 Å². The van der Waals surface area contributed by atoms with E-state index in [2.05, 4.69) is 15.0 Å². The third kappa shape index (κ3) is 2.68. The second-order valence-electron chi connectivity index (χ2n) is 4.59. The van der Waals surface area contributed by atoms with Crippen LogP contribution in [0.1, 0.15) is 30.8 Å². The molecule has 0 aliphatic rings. The molecule has 0 fully saturated rings. The maximum atomic E-state index is 11.0. The molecule has 1 N–H and O–H groups in total. The van der Waals surface area contributed by atoms with Gasteiger partial charge < -0.3 is 9.67 Å². The van der Waals surface area contributed by atoms with Crippen molar-refractivity contribution < 1.29 is 9.90 Å². The Hall–Kier alpha value is -2.24. The number of rotatable bonds is 5. The number of nitrogens with zero attached hydrogens (tertiary/aromatic N) is 4. The van der Waals surface area contributed by atoms with E-state index >= 15 is 0 Å². The van der Waals surface area contributed by atoms with Crippen LogP contribution in [0.15, 0.2) is 12.5 Å². The number of carbonyl (C=O) groups is 1. The van der Waals surface area contributed by atoms with E-state index in [0.29, 0.717) is 18.7 Å². The molecule has 0 aromatic carbocycles. The molecule has 0 aliphatic heterocycles. The summed E-state index contributed by atoms with van der Waals surface area (Å²) in [5.41, 5.74) is 3.18. The summed E-state index contributed by atoms with van der Waals surface area (Å²) in [7, 11) is 1.88. The fraction of sp³-hybridized carbons (Fsp3) is 0.429. The standard InChI is InChI=1S/C14H18N4O2/c1-4-10-9(6-13(19)20)11(5-2)17-14(16-10)12-7-15-8-18(12)3/h7-8H,4-6H2,1-3H3,(H,19,20). The van der Waals surface area contributed by atoms with Crippen LogP contribution >= 0.6 is 0 Å². The highest BCUT2D eigenvalue weighted by atomic mass is 16.4. The lowest BCUT2D eigenvalue weighted by Gasteiger charge is -2.12. The molecule has 6 nitrogen and oxygen atoms in total. The summed E-state index contributed by atoms with van der Waals surface area (Å²) in [6.07, 6.45) is 4.75. The van der Waals surface area contributed by atoms with Crippen molar-refractivity contribution in [2.75, 3.05) is 0 Å². The molecule has 2 rings (SSSR count). The van der Waals surface area contributed by atoms with E-state index < -0.39 is 5.97 Å². The van der Waals surface area contributed by atoms with Gasteiger partial charge in [-0.15, -0.1) is 0 Å². The summed E-state index contributed by atoms with van der Waals surface area (Å²) < 4.78 is 1.85. The quantitative estimate of drug-likeness (QED) is 0.896. The van der Waals surface area contributed by atoms with Crippen molar-refractivity contribution in [1.82, 2.24) is 19.5 Å². The lowest BCUT2D eigenvalue weighted by atomic mass is 10.0. The number of imidazole rings is 1. The van der Waals surface area contributed by atoms with Crippen molar-refractivity contribution in [3.8, 4) is 11.5 Å². The number of carboxylic acid groups (broad SMARTS) is 1. The molecule has 2 aromatic rings. The zero-order valence-corrected chi connectivity index (χ0v) is 11.9. The highest BCUT2D eigenvalue weighted by Gasteiger charge is 2.17. The van der Waals surface area contributed by atoms with Crippen molar-refractivity contribution in [3.05, 3.63) is 29.5 Å². The largest absolute Gasteiger partial charge is 0.481 e. The third-order valence-electron chi connectivity index (χ3n) is 3.22. The molecule has 0 aliphatic carbocycles. The molecule has 2 aromatic heterocycles. The molecule has 6 heteroatoms. The van der Waals surface area contributed by atoms with E-state index in [-0.39, 0.29) is 6.42 Å². The van der Waals surface area contributed by atoms with Crippen molar-refractivity contribution >= 4 is 5.97 Å². The van der Waals surface area contributed by atoms with Crippen LogP contribution in [0.3, 0.4) is 0 Å². The first-order valence-electron chi connectivity index (χ1n) is 6.63. The topological polar surface area (TPSA) is 80.9 Å². The summed E-state index contributed by atoms with van der Waals surface area (Å²) >= 11 is 0. The zero-order chi connectivity index (χ0) is 14.7. The number of aliphatic carboxylic acids is 1. The van der Waals surface area contributed by atoms with Crippen LogP contribution in [0.25, 0.3) is 11.5 Å². The Bertz CT molecular complexity index is 609. The van der Waals surface area contributed by atoms with Gasteiger partial charge in [0, 0.05) is 24.0 Å². The Kier molecular flexibility index (Phi) is 4.12. The van der Waals surface area contributed by atoms with E-state index in [4.69, 9.17) is 5.11 Å². The van der Waals surface area contributed by atoms with Gasteiger partial charge in [0.1, 0.15) is 5.69 Å². The van der Waals surface area contributed by atoms with Crippen LogP contribution in [-0.2, 0) is 31.1 Å². The smallest absolute Gasteiger partial charge is 0.307 e. The van der Waals surface area contributed by atoms with Crippen LogP contribution in [0.2, 0.25) is 0 Å². The van der Waals surface area contributed by atoms with E-state index in [1.54, 1.807) is 12.5 Å². The minimum atomic E-state index is -0.855.